The van der Waals surface area contributed by atoms with Gasteiger partial charge in [-0.2, -0.15) is 0 Å². The maximum Gasteiger partial charge on any atom is 0.324 e. The minimum Gasteiger partial charge on any atom is -0.481 e. The Labute approximate surface area is 187 Å². The molecule has 1 heterocycles. The number of urea groups is 1. The van der Waals surface area contributed by atoms with Gasteiger partial charge >= 0.3 is 12.0 Å². The van der Waals surface area contributed by atoms with Crippen LogP contribution < -0.4 is 5.32 Å². The summed E-state index contributed by atoms with van der Waals surface area (Å²) in [6.45, 7) is 1.93. The van der Waals surface area contributed by atoms with Crippen LogP contribution in [-0.4, -0.2) is 56.5 Å². The Morgan fingerprint density at radius 2 is 1.67 bits per heavy atom. The number of thiazole rings is 1. The van der Waals surface area contributed by atoms with Crippen molar-refractivity contribution in [1.29, 1.82) is 0 Å². The number of nitrogens with zero attached hydrogens (tertiary/aromatic N) is 2. The highest BCUT2D eigenvalue weighted by atomic mass is 32.2. The van der Waals surface area contributed by atoms with E-state index in [9.17, 15) is 9.59 Å². The lowest BCUT2D eigenvalue weighted by atomic mass is 9.89. The van der Waals surface area contributed by atoms with Crippen LogP contribution in [0, 0.1) is 0 Å². The molecule has 170 valence electrons. The van der Waals surface area contributed by atoms with Gasteiger partial charge in [-0.05, 0) is 32.6 Å². The second-order valence-corrected chi connectivity index (χ2v) is 10.1. The summed E-state index contributed by atoms with van der Waals surface area (Å²) in [6, 6.07) is 0.697. The van der Waals surface area contributed by atoms with E-state index in [0.29, 0.717) is 23.0 Å². The van der Waals surface area contributed by atoms with E-state index in [0.717, 1.165) is 29.9 Å². The van der Waals surface area contributed by atoms with E-state index < -0.39 is 5.97 Å². The van der Waals surface area contributed by atoms with Crippen LogP contribution in [0.4, 0.5) is 9.93 Å². The van der Waals surface area contributed by atoms with Crippen LogP contribution in [0.1, 0.15) is 77.6 Å². The molecule has 0 radical (unpaired) electrons. The Balaban J connectivity index is 0.00000101. The van der Waals surface area contributed by atoms with Crippen molar-refractivity contribution in [3.63, 3.8) is 0 Å². The molecule has 0 atom stereocenters. The summed E-state index contributed by atoms with van der Waals surface area (Å²) in [5.74, 6) is -0.280. The first-order valence-corrected chi connectivity index (χ1v) is 12.9. The Bertz CT molecular complexity index is 626. The second kappa shape index (κ2) is 13.9. The van der Waals surface area contributed by atoms with E-state index in [1.807, 2.05) is 0 Å². The molecule has 0 aromatic carbocycles. The van der Waals surface area contributed by atoms with Crippen LogP contribution in [-0.2, 0) is 4.79 Å². The van der Waals surface area contributed by atoms with Gasteiger partial charge in [-0.15, -0.1) is 11.8 Å². The van der Waals surface area contributed by atoms with Crippen molar-refractivity contribution in [1.82, 2.24) is 9.88 Å². The van der Waals surface area contributed by atoms with Crippen molar-refractivity contribution in [2.75, 3.05) is 17.7 Å². The van der Waals surface area contributed by atoms with Gasteiger partial charge in [0.1, 0.15) is 0 Å². The van der Waals surface area contributed by atoms with E-state index in [1.165, 1.54) is 61.6 Å². The molecule has 3 rings (SSSR count). The van der Waals surface area contributed by atoms with Crippen LogP contribution in [0.2, 0.25) is 0 Å². The lowest BCUT2D eigenvalue weighted by Gasteiger charge is -2.41. The number of thioether (sulfide) groups is 1. The maximum absolute atomic E-state index is 13.1. The van der Waals surface area contributed by atoms with Crippen molar-refractivity contribution in [2.45, 2.75) is 93.8 Å². The van der Waals surface area contributed by atoms with E-state index in [-0.39, 0.29) is 19.1 Å². The minimum atomic E-state index is -0.795. The predicted molar refractivity (Wildman–Crippen MR) is 122 cm³/mol. The number of carboxylic acids is 1. The van der Waals surface area contributed by atoms with Crippen LogP contribution in [0.15, 0.2) is 10.4 Å². The lowest BCUT2D eigenvalue weighted by Crippen LogP contribution is -2.50. The van der Waals surface area contributed by atoms with E-state index in [2.05, 4.69) is 15.2 Å². The van der Waals surface area contributed by atoms with E-state index in [1.54, 1.807) is 13.1 Å². The number of aromatic nitrogens is 1. The third-order valence-electron chi connectivity index (χ3n) is 5.43. The number of carbonyl (C=O) groups excluding carboxylic acids is 1. The van der Waals surface area contributed by atoms with Gasteiger partial charge in [0.2, 0.25) is 0 Å². The van der Waals surface area contributed by atoms with Crippen molar-refractivity contribution in [3.05, 3.63) is 6.20 Å². The largest absolute Gasteiger partial charge is 0.481 e. The monoisotopic (exact) mass is 457 g/mol. The van der Waals surface area contributed by atoms with Gasteiger partial charge in [0.25, 0.3) is 0 Å². The Morgan fingerprint density at radius 3 is 2.17 bits per heavy atom. The highest BCUT2D eigenvalue weighted by Gasteiger charge is 2.32. The molecule has 0 bridgehead atoms. The highest BCUT2D eigenvalue weighted by Crippen LogP contribution is 2.32. The summed E-state index contributed by atoms with van der Waals surface area (Å²) < 4.78 is 0.938. The van der Waals surface area contributed by atoms with Crippen molar-refractivity contribution >= 4 is 40.2 Å². The molecule has 2 aliphatic carbocycles. The first-order valence-electron chi connectivity index (χ1n) is 11.1. The normalized spacial score (nSPS) is 17.7. The number of aliphatic hydroxyl groups is 1. The summed E-state index contributed by atoms with van der Waals surface area (Å²) in [5, 5.41) is 19.9. The molecule has 0 aliphatic heterocycles. The summed E-state index contributed by atoms with van der Waals surface area (Å²) in [6.07, 6.45) is 13.7. The molecule has 2 fully saturated rings. The van der Waals surface area contributed by atoms with Gasteiger partial charge in [-0.1, -0.05) is 49.9 Å². The van der Waals surface area contributed by atoms with Crippen LogP contribution in [0.25, 0.3) is 0 Å². The SMILES string of the molecule is CCO.O=C(O)CCSc1cnc(NC(=O)N(C2CCCCC2)C2CCCCC2)s1. The number of anilines is 1. The highest BCUT2D eigenvalue weighted by molar-refractivity contribution is 8.01. The van der Waals surface area contributed by atoms with Crippen LogP contribution in [0.3, 0.4) is 0 Å². The third kappa shape index (κ3) is 8.43. The third-order valence-corrected chi connectivity index (χ3v) is 7.54. The number of aliphatic carboxylic acids is 1. The molecule has 1 aromatic rings. The second-order valence-electron chi connectivity index (χ2n) is 7.71. The molecule has 7 nitrogen and oxygen atoms in total. The average Bonchev–Trinajstić information content (AvgIpc) is 3.17. The standard InChI is InChI=1S/C19H29N3O3S2.C2H6O/c23-16(24)11-12-26-17-13-20-18(27-17)21-19(25)22(14-7-3-1-4-8-14)15-9-5-2-6-10-15;1-2-3/h13-15H,1-12H2,(H,23,24)(H,20,21,25);3H,2H2,1H3. The van der Waals surface area contributed by atoms with Gasteiger partial charge in [0.05, 0.1) is 16.8 Å². The lowest BCUT2D eigenvalue weighted by molar-refractivity contribution is -0.136. The van der Waals surface area contributed by atoms with E-state index >= 15 is 0 Å². The molecule has 2 aliphatic rings. The van der Waals surface area contributed by atoms with Crippen LogP contribution in [0.5, 0.6) is 0 Å². The summed E-state index contributed by atoms with van der Waals surface area (Å²) >= 11 is 2.90. The molecule has 9 heteroatoms. The summed E-state index contributed by atoms with van der Waals surface area (Å²) in [5.41, 5.74) is 0. The Hall–Kier alpha value is -1.32. The van der Waals surface area contributed by atoms with Crippen molar-refractivity contribution < 1.29 is 19.8 Å². The fraction of sp³-hybridized carbons (Fsp3) is 0.762. The fourth-order valence-electron chi connectivity index (χ4n) is 4.13. The molecule has 2 saturated carbocycles. The zero-order valence-electron chi connectivity index (χ0n) is 17.8. The number of nitrogens with one attached hydrogen (secondary N) is 1. The zero-order chi connectivity index (χ0) is 21.8. The number of amides is 2. The Kier molecular flexibility index (Phi) is 11.5. The number of hydrogen-bond donors (Lipinski definition) is 3. The average molecular weight is 458 g/mol. The number of hydrogen-bond acceptors (Lipinski definition) is 6. The fourth-order valence-corrected chi connectivity index (χ4v) is 5.99. The van der Waals surface area contributed by atoms with Crippen molar-refractivity contribution in [2.24, 2.45) is 0 Å². The Morgan fingerprint density at radius 1 is 1.13 bits per heavy atom. The predicted octanol–water partition coefficient (Wildman–Crippen LogP) is 5.21. The first-order chi connectivity index (χ1) is 14.5. The molecule has 30 heavy (non-hydrogen) atoms. The molecule has 0 unspecified atom stereocenters. The smallest absolute Gasteiger partial charge is 0.324 e. The topological polar surface area (TPSA) is 103 Å². The molecular weight excluding hydrogens is 422 g/mol. The van der Waals surface area contributed by atoms with Gasteiger partial charge in [0.15, 0.2) is 5.13 Å². The summed E-state index contributed by atoms with van der Waals surface area (Å²) in [4.78, 5) is 30.2. The van der Waals surface area contributed by atoms with Crippen LogP contribution >= 0.6 is 23.1 Å². The molecule has 0 spiro atoms. The van der Waals surface area contributed by atoms with Gasteiger partial charge in [-0.3, -0.25) is 10.1 Å². The van der Waals surface area contributed by atoms with Gasteiger partial charge in [-0.25, -0.2) is 9.78 Å². The molecular formula is C21H35N3O4S2. The van der Waals surface area contributed by atoms with Gasteiger partial charge < -0.3 is 15.1 Å². The number of carboxylic acid groups (broad SMARTS) is 1. The zero-order valence-corrected chi connectivity index (χ0v) is 19.5. The number of rotatable bonds is 7. The minimum absolute atomic E-state index is 0.00904. The molecule has 3 N–H and O–H groups in total. The summed E-state index contributed by atoms with van der Waals surface area (Å²) in [7, 11) is 0. The first kappa shape index (κ1) is 24.9. The molecule has 1 aromatic heterocycles. The number of aliphatic hydroxyl groups excluding tert-OH is 1. The van der Waals surface area contributed by atoms with Gasteiger partial charge in [0, 0.05) is 24.4 Å². The van der Waals surface area contributed by atoms with E-state index in [4.69, 9.17) is 10.2 Å². The number of carbonyl (C=O) groups is 2. The quantitative estimate of drug-likeness (QED) is 0.486. The maximum atomic E-state index is 13.1. The molecule has 2 amide bonds. The molecule has 0 saturated heterocycles. The van der Waals surface area contributed by atoms with Crippen molar-refractivity contribution in [3.8, 4) is 0 Å².